The maximum absolute atomic E-state index is 9.58. The van der Waals surface area contributed by atoms with Crippen LogP contribution in [0.2, 0.25) is 0 Å². The number of nitrogens with zero attached hydrogens (tertiary/aromatic N) is 5. The Hall–Kier alpha value is -2.94. The molecular formula is C15H13N5O. The number of benzene rings is 1. The number of aromatic nitrogens is 4. The van der Waals surface area contributed by atoms with E-state index < -0.39 is 5.92 Å². The zero-order valence-corrected chi connectivity index (χ0v) is 11.7. The Labute approximate surface area is 121 Å². The maximum atomic E-state index is 9.58. The summed E-state index contributed by atoms with van der Waals surface area (Å²) in [6.07, 6.45) is 1.44. The van der Waals surface area contributed by atoms with Crippen molar-refractivity contribution >= 4 is 5.78 Å². The lowest BCUT2D eigenvalue weighted by Crippen LogP contribution is -2.08. The lowest BCUT2D eigenvalue weighted by atomic mass is 9.96. The summed E-state index contributed by atoms with van der Waals surface area (Å²) in [5.41, 5.74) is 2.43. The van der Waals surface area contributed by atoms with Gasteiger partial charge in [-0.15, -0.1) is 0 Å². The molecule has 0 radical (unpaired) electrons. The highest BCUT2D eigenvalue weighted by Crippen LogP contribution is 2.26. The van der Waals surface area contributed by atoms with E-state index in [0.717, 1.165) is 22.7 Å². The van der Waals surface area contributed by atoms with Crippen molar-refractivity contribution in [2.75, 3.05) is 7.11 Å². The molecule has 0 aliphatic rings. The van der Waals surface area contributed by atoms with Crippen LogP contribution in [0.15, 0.2) is 36.7 Å². The molecule has 6 nitrogen and oxygen atoms in total. The number of aryl methyl sites for hydroxylation is 1. The largest absolute Gasteiger partial charge is 0.497 e. The van der Waals surface area contributed by atoms with E-state index in [9.17, 15) is 5.26 Å². The fourth-order valence-electron chi connectivity index (χ4n) is 2.27. The van der Waals surface area contributed by atoms with E-state index in [1.807, 2.05) is 37.3 Å². The minimum Gasteiger partial charge on any atom is -0.497 e. The van der Waals surface area contributed by atoms with Gasteiger partial charge < -0.3 is 4.74 Å². The number of fused-ring (bicyclic) bond motifs is 1. The second kappa shape index (κ2) is 5.21. The van der Waals surface area contributed by atoms with Gasteiger partial charge in [0.25, 0.3) is 5.78 Å². The van der Waals surface area contributed by atoms with Crippen LogP contribution in [0.25, 0.3) is 5.78 Å². The quantitative estimate of drug-likeness (QED) is 0.733. The Kier molecular flexibility index (Phi) is 3.24. The van der Waals surface area contributed by atoms with E-state index in [-0.39, 0.29) is 0 Å². The average molecular weight is 279 g/mol. The standard InChI is InChI=1S/C15H13N5O/c1-10-7-14(20-15(19-10)17-9-18-20)13(8-16)11-3-5-12(21-2)6-4-11/h3-7,9,13H,1-2H3/t13-/m0/s1. The van der Waals surface area contributed by atoms with Crippen molar-refractivity contribution in [1.29, 1.82) is 5.26 Å². The highest BCUT2D eigenvalue weighted by atomic mass is 16.5. The molecule has 1 aromatic carbocycles. The van der Waals surface area contributed by atoms with E-state index >= 15 is 0 Å². The third-order valence-electron chi connectivity index (χ3n) is 3.28. The van der Waals surface area contributed by atoms with Crippen LogP contribution in [0.4, 0.5) is 0 Å². The van der Waals surface area contributed by atoms with Crippen LogP contribution in [-0.2, 0) is 0 Å². The smallest absolute Gasteiger partial charge is 0.252 e. The summed E-state index contributed by atoms with van der Waals surface area (Å²) >= 11 is 0. The second-order valence-electron chi connectivity index (χ2n) is 4.63. The van der Waals surface area contributed by atoms with E-state index in [0.29, 0.717) is 5.78 Å². The molecule has 104 valence electrons. The molecule has 21 heavy (non-hydrogen) atoms. The molecule has 0 saturated heterocycles. The predicted octanol–water partition coefficient (Wildman–Crippen LogP) is 2.10. The van der Waals surface area contributed by atoms with Crippen molar-refractivity contribution in [3.8, 4) is 11.8 Å². The molecule has 0 aliphatic heterocycles. The molecule has 0 aliphatic carbocycles. The van der Waals surface area contributed by atoms with Crippen molar-refractivity contribution in [2.45, 2.75) is 12.8 Å². The third kappa shape index (κ3) is 2.30. The monoisotopic (exact) mass is 279 g/mol. The molecular weight excluding hydrogens is 266 g/mol. The molecule has 3 aromatic rings. The number of rotatable bonds is 3. The highest BCUT2D eigenvalue weighted by Gasteiger charge is 2.19. The molecule has 0 unspecified atom stereocenters. The third-order valence-corrected chi connectivity index (χ3v) is 3.28. The fourth-order valence-corrected chi connectivity index (χ4v) is 2.27. The number of ether oxygens (including phenoxy) is 1. The average Bonchev–Trinajstić information content (AvgIpc) is 2.96. The second-order valence-corrected chi connectivity index (χ2v) is 4.63. The summed E-state index contributed by atoms with van der Waals surface area (Å²) in [6.45, 7) is 1.88. The topological polar surface area (TPSA) is 76.1 Å². The van der Waals surface area contributed by atoms with E-state index in [2.05, 4.69) is 21.1 Å². The summed E-state index contributed by atoms with van der Waals surface area (Å²) in [7, 11) is 1.61. The number of nitriles is 1. The van der Waals surface area contributed by atoms with Crippen molar-refractivity contribution in [3.05, 3.63) is 53.6 Å². The molecule has 0 N–H and O–H groups in total. The van der Waals surface area contributed by atoms with Crippen LogP contribution in [0.3, 0.4) is 0 Å². The Morgan fingerprint density at radius 3 is 2.71 bits per heavy atom. The molecule has 2 aromatic heterocycles. The van der Waals surface area contributed by atoms with Gasteiger partial charge in [0.15, 0.2) is 0 Å². The summed E-state index contributed by atoms with van der Waals surface area (Å²) in [6, 6.07) is 11.6. The normalized spacial score (nSPS) is 12.0. The van der Waals surface area contributed by atoms with Crippen molar-refractivity contribution in [1.82, 2.24) is 19.6 Å². The Bertz CT molecular complexity index is 816. The van der Waals surface area contributed by atoms with Gasteiger partial charge in [0, 0.05) is 5.69 Å². The Morgan fingerprint density at radius 2 is 2.05 bits per heavy atom. The van der Waals surface area contributed by atoms with Crippen LogP contribution in [-0.4, -0.2) is 26.7 Å². The predicted molar refractivity (Wildman–Crippen MR) is 76.0 cm³/mol. The molecule has 0 bridgehead atoms. The van der Waals surface area contributed by atoms with Crippen LogP contribution < -0.4 is 4.74 Å². The summed E-state index contributed by atoms with van der Waals surface area (Å²) < 4.78 is 6.75. The Morgan fingerprint density at radius 1 is 1.29 bits per heavy atom. The lowest BCUT2D eigenvalue weighted by molar-refractivity contribution is 0.414. The first-order valence-corrected chi connectivity index (χ1v) is 6.44. The lowest BCUT2D eigenvalue weighted by Gasteiger charge is -2.12. The van der Waals surface area contributed by atoms with Gasteiger partial charge in [-0.2, -0.15) is 19.9 Å². The zero-order chi connectivity index (χ0) is 14.8. The minimum absolute atomic E-state index is 0.443. The molecule has 1 atom stereocenters. The first kappa shape index (κ1) is 13.1. The first-order chi connectivity index (χ1) is 10.2. The van der Waals surface area contributed by atoms with Crippen LogP contribution in [0.1, 0.15) is 22.9 Å². The van der Waals surface area contributed by atoms with Crippen LogP contribution in [0, 0.1) is 18.3 Å². The highest BCUT2D eigenvalue weighted by molar-refractivity contribution is 5.41. The molecule has 2 heterocycles. The summed E-state index contributed by atoms with van der Waals surface area (Å²) in [5, 5.41) is 13.7. The van der Waals surface area contributed by atoms with Crippen LogP contribution >= 0.6 is 0 Å². The summed E-state index contributed by atoms with van der Waals surface area (Å²) in [5.74, 6) is 0.813. The van der Waals surface area contributed by atoms with Gasteiger partial charge in [-0.25, -0.2) is 4.98 Å². The van der Waals surface area contributed by atoms with Crippen molar-refractivity contribution in [3.63, 3.8) is 0 Å². The van der Waals surface area contributed by atoms with E-state index in [4.69, 9.17) is 4.74 Å². The molecule has 0 spiro atoms. The fraction of sp³-hybridized carbons (Fsp3) is 0.200. The van der Waals surface area contributed by atoms with Gasteiger partial charge in [-0.1, -0.05) is 12.1 Å². The first-order valence-electron chi connectivity index (χ1n) is 6.44. The zero-order valence-electron chi connectivity index (χ0n) is 11.7. The van der Waals surface area contributed by atoms with Gasteiger partial charge in [0.05, 0.1) is 18.9 Å². The Balaban J connectivity index is 2.13. The van der Waals surface area contributed by atoms with Crippen molar-refractivity contribution < 1.29 is 4.74 Å². The van der Waals surface area contributed by atoms with Gasteiger partial charge in [-0.05, 0) is 30.7 Å². The van der Waals surface area contributed by atoms with Gasteiger partial charge >= 0.3 is 0 Å². The van der Waals surface area contributed by atoms with Gasteiger partial charge in [0.1, 0.15) is 18.0 Å². The van der Waals surface area contributed by atoms with Crippen LogP contribution in [0.5, 0.6) is 5.75 Å². The molecule has 3 rings (SSSR count). The molecule has 0 fully saturated rings. The van der Waals surface area contributed by atoms with Gasteiger partial charge in [0.2, 0.25) is 0 Å². The SMILES string of the molecule is COc1ccc([C@H](C#N)c2cc(C)nc3ncnn23)cc1. The number of hydrogen-bond donors (Lipinski definition) is 0. The van der Waals surface area contributed by atoms with Gasteiger partial charge in [-0.3, -0.25) is 0 Å². The van der Waals surface area contributed by atoms with E-state index in [1.165, 1.54) is 6.33 Å². The van der Waals surface area contributed by atoms with E-state index in [1.54, 1.807) is 11.6 Å². The summed E-state index contributed by atoms with van der Waals surface area (Å²) in [4.78, 5) is 8.38. The number of methoxy groups -OCH3 is 1. The molecule has 6 heteroatoms. The van der Waals surface area contributed by atoms with Crippen molar-refractivity contribution in [2.24, 2.45) is 0 Å². The minimum atomic E-state index is -0.443. The maximum Gasteiger partial charge on any atom is 0.252 e. The number of hydrogen-bond acceptors (Lipinski definition) is 5. The molecule has 0 amide bonds. The molecule has 0 saturated carbocycles.